The fourth-order valence-corrected chi connectivity index (χ4v) is 3.59. The van der Waals surface area contributed by atoms with Crippen LogP contribution in [0.5, 0.6) is 0 Å². The average molecular weight is 343 g/mol. The Hall–Kier alpha value is -2.00. The summed E-state index contributed by atoms with van der Waals surface area (Å²) >= 11 is 6.33. The first-order valence-electron chi connectivity index (χ1n) is 8.33. The van der Waals surface area contributed by atoms with E-state index in [1.165, 1.54) is 18.9 Å². The zero-order valence-corrected chi connectivity index (χ0v) is 15.1. The van der Waals surface area contributed by atoms with E-state index in [0.29, 0.717) is 0 Å². The summed E-state index contributed by atoms with van der Waals surface area (Å²) in [7, 11) is 0. The summed E-state index contributed by atoms with van der Waals surface area (Å²) < 4.78 is 0. The molecular weight excluding hydrogens is 320 g/mol. The second-order valence-electron chi connectivity index (χ2n) is 6.68. The molecule has 0 heterocycles. The predicted octanol–water partition coefficient (Wildman–Crippen LogP) is 5.41. The van der Waals surface area contributed by atoms with E-state index in [4.69, 9.17) is 11.6 Å². The fourth-order valence-electron chi connectivity index (χ4n) is 3.42. The van der Waals surface area contributed by atoms with Gasteiger partial charge < -0.3 is 10.6 Å². The summed E-state index contributed by atoms with van der Waals surface area (Å²) in [6.45, 7) is 5.61. The van der Waals surface area contributed by atoms with Gasteiger partial charge in [-0.1, -0.05) is 29.8 Å². The van der Waals surface area contributed by atoms with E-state index in [0.717, 1.165) is 40.4 Å². The lowest BCUT2D eigenvalue weighted by atomic mass is 9.70. The molecule has 3 rings (SSSR count). The summed E-state index contributed by atoms with van der Waals surface area (Å²) in [5, 5.41) is 7.41. The Balaban J connectivity index is 1.93. The molecule has 4 heteroatoms. The summed E-state index contributed by atoms with van der Waals surface area (Å²) in [4.78, 5) is 11.4. The monoisotopic (exact) mass is 342 g/mol. The summed E-state index contributed by atoms with van der Waals surface area (Å²) in [6, 6.07) is 12.2. The molecule has 0 aliphatic heterocycles. The first-order valence-corrected chi connectivity index (χ1v) is 8.71. The minimum Gasteiger partial charge on any atom is -0.375 e. The zero-order valence-electron chi connectivity index (χ0n) is 14.4. The van der Waals surface area contributed by atoms with Crippen LogP contribution in [0, 0.1) is 13.8 Å². The third-order valence-corrected chi connectivity index (χ3v) is 5.33. The lowest BCUT2D eigenvalue weighted by molar-refractivity contribution is -0.114. The van der Waals surface area contributed by atoms with Crippen LogP contribution in [0.3, 0.4) is 0 Å². The Morgan fingerprint density at radius 2 is 1.92 bits per heavy atom. The first-order chi connectivity index (χ1) is 11.4. The van der Waals surface area contributed by atoms with Gasteiger partial charge in [0.15, 0.2) is 0 Å². The maximum atomic E-state index is 11.4. The largest absolute Gasteiger partial charge is 0.375 e. The van der Waals surface area contributed by atoms with Gasteiger partial charge in [-0.2, -0.15) is 0 Å². The topological polar surface area (TPSA) is 41.1 Å². The van der Waals surface area contributed by atoms with Crippen molar-refractivity contribution in [3.63, 3.8) is 0 Å². The molecule has 1 fully saturated rings. The summed E-state index contributed by atoms with van der Waals surface area (Å²) in [5.74, 6) is -0.0562. The van der Waals surface area contributed by atoms with E-state index < -0.39 is 0 Å². The highest BCUT2D eigenvalue weighted by Crippen LogP contribution is 2.46. The molecule has 2 aromatic rings. The molecule has 0 unspecified atom stereocenters. The van der Waals surface area contributed by atoms with Crippen molar-refractivity contribution in [3.8, 4) is 0 Å². The van der Waals surface area contributed by atoms with Gasteiger partial charge in [0.05, 0.1) is 5.54 Å². The number of carbonyl (C=O) groups excluding carboxylic acids is 1. The van der Waals surface area contributed by atoms with Crippen molar-refractivity contribution in [1.29, 1.82) is 0 Å². The van der Waals surface area contributed by atoms with Crippen LogP contribution in [-0.4, -0.2) is 5.91 Å². The van der Waals surface area contributed by atoms with Gasteiger partial charge in [0.2, 0.25) is 5.91 Å². The second kappa shape index (κ2) is 6.48. The number of halogens is 1. The van der Waals surface area contributed by atoms with E-state index >= 15 is 0 Å². The van der Waals surface area contributed by atoms with Crippen LogP contribution in [0.2, 0.25) is 5.02 Å². The van der Waals surface area contributed by atoms with Gasteiger partial charge >= 0.3 is 0 Å². The van der Waals surface area contributed by atoms with Gasteiger partial charge in [0.1, 0.15) is 0 Å². The van der Waals surface area contributed by atoms with Crippen LogP contribution in [0.15, 0.2) is 36.4 Å². The Labute approximate surface area is 148 Å². The van der Waals surface area contributed by atoms with Gasteiger partial charge in [-0.25, -0.2) is 0 Å². The van der Waals surface area contributed by atoms with Crippen molar-refractivity contribution >= 4 is 28.9 Å². The van der Waals surface area contributed by atoms with E-state index in [9.17, 15) is 4.79 Å². The van der Waals surface area contributed by atoms with Crippen LogP contribution in [-0.2, 0) is 10.3 Å². The highest BCUT2D eigenvalue weighted by atomic mass is 35.5. The van der Waals surface area contributed by atoms with Crippen molar-refractivity contribution < 1.29 is 4.79 Å². The van der Waals surface area contributed by atoms with Crippen molar-refractivity contribution in [3.05, 3.63) is 58.1 Å². The number of benzene rings is 2. The Kier molecular flexibility index (Phi) is 4.55. The van der Waals surface area contributed by atoms with Gasteiger partial charge in [0.25, 0.3) is 0 Å². The van der Waals surface area contributed by atoms with E-state index in [-0.39, 0.29) is 11.4 Å². The zero-order chi connectivity index (χ0) is 17.3. The van der Waals surface area contributed by atoms with Crippen LogP contribution < -0.4 is 10.6 Å². The molecule has 0 radical (unpaired) electrons. The van der Waals surface area contributed by atoms with Gasteiger partial charge in [-0.05, 0) is 68.0 Å². The Morgan fingerprint density at radius 1 is 1.17 bits per heavy atom. The van der Waals surface area contributed by atoms with Crippen molar-refractivity contribution in [2.45, 2.75) is 45.6 Å². The molecule has 0 bridgehead atoms. The smallest absolute Gasteiger partial charge is 0.221 e. The van der Waals surface area contributed by atoms with E-state index in [1.807, 2.05) is 31.2 Å². The van der Waals surface area contributed by atoms with Crippen molar-refractivity contribution in [2.24, 2.45) is 0 Å². The highest BCUT2D eigenvalue weighted by molar-refractivity contribution is 6.31. The number of hydrogen-bond donors (Lipinski definition) is 2. The van der Waals surface area contributed by atoms with Crippen LogP contribution >= 0.6 is 11.6 Å². The molecule has 0 spiro atoms. The molecule has 1 aliphatic rings. The lowest BCUT2D eigenvalue weighted by Gasteiger charge is -2.45. The Bertz CT molecular complexity index is 781. The van der Waals surface area contributed by atoms with Gasteiger partial charge in [-0.15, -0.1) is 0 Å². The first kappa shape index (κ1) is 16.8. The molecule has 3 nitrogen and oxygen atoms in total. The number of hydrogen-bond acceptors (Lipinski definition) is 2. The van der Waals surface area contributed by atoms with Crippen molar-refractivity contribution in [2.75, 3.05) is 10.6 Å². The molecule has 1 saturated carbocycles. The quantitative estimate of drug-likeness (QED) is 0.780. The third-order valence-electron chi connectivity index (χ3n) is 4.92. The second-order valence-corrected chi connectivity index (χ2v) is 7.09. The highest BCUT2D eigenvalue weighted by Gasteiger charge is 2.39. The summed E-state index contributed by atoms with van der Waals surface area (Å²) in [5.41, 5.74) is 5.26. The molecule has 24 heavy (non-hydrogen) atoms. The van der Waals surface area contributed by atoms with Crippen molar-refractivity contribution in [1.82, 2.24) is 0 Å². The lowest BCUT2D eigenvalue weighted by Crippen LogP contribution is -2.42. The molecule has 1 amide bonds. The molecule has 0 aromatic heterocycles. The average Bonchev–Trinajstić information content (AvgIpc) is 2.49. The molecule has 2 aromatic carbocycles. The van der Waals surface area contributed by atoms with Crippen LogP contribution in [0.25, 0.3) is 0 Å². The fraction of sp³-hybridized carbons (Fsp3) is 0.350. The Morgan fingerprint density at radius 3 is 2.54 bits per heavy atom. The maximum Gasteiger partial charge on any atom is 0.221 e. The molecular formula is C20H23ClN2O. The predicted molar refractivity (Wildman–Crippen MR) is 101 cm³/mol. The minimum atomic E-state index is -0.0717. The normalized spacial score (nSPS) is 15.5. The number of carbonyl (C=O) groups is 1. The van der Waals surface area contributed by atoms with Gasteiger partial charge in [0, 0.05) is 23.3 Å². The number of rotatable bonds is 4. The minimum absolute atomic E-state index is 0.0562. The van der Waals surface area contributed by atoms with E-state index in [1.54, 1.807) is 0 Å². The molecule has 0 atom stereocenters. The third kappa shape index (κ3) is 3.13. The number of amides is 1. The maximum absolute atomic E-state index is 11.4. The molecule has 2 N–H and O–H groups in total. The number of anilines is 2. The summed E-state index contributed by atoms with van der Waals surface area (Å²) in [6.07, 6.45) is 3.36. The van der Waals surface area contributed by atoms with Crippen LogP contribution in [0.1, 0.15) is 42.9 Å². The van der Waals surface area contributed by atoms with E-state index in [2.05, 4.69) is 29.7 Å². The van der Waals surface area contributed by atoms with Gasteiger partial charge in [-0.3, -0.25) is 4.79 Å². The number of aryl methyl sites for hydroxylation is 1. The SMILES string of the molecule is CC(=O)Nc1cc(NC2(c3cccc(Cl)c3C)CCC2)ccc1C. The molecule has 0 saturated heterocycles. The van der Waals surface area contributed by atoms with Crippen LogP contribution in [0.4, 0.5) is 11.4 Å². The standard InChI is InChI=1S/C20H23ClN2O/c1-13-8-9-16(12-19(13)22-15(3)24)23-20(10-5-11-20)17-6-4-7-18(21)14(17)2/h4,6-9,12,23H,5,10-11H2,1-3H3,(H,22,24). The number of nitrogens with one attached hydrogen (secondary N) is 2. The molecule has 126 valence electrons. The molecule has 1 aliphatic carbocycles.